The average molecular weight is 170 g/mol. The highest BCUT2D eigenvalue weighted by atomic mass is 35.5. The van der Waals surface area contributed by atoms with Gasteiger partial charge in [-0.3, -0.25) is 0 Å². The molecule has 0 spiro atoms. The van der Waals surface area contributed by atoms with Gasteiger partial charge in [-0.25, -0.2) is 0 Å². The van der Waals surface area contributed by atoms with Crippen LogP contribution in [-0.4, -0.2) is 48.5 Å². The van der Waals surface area contributed by atoms with Gasteiger partial charge in [0.2, 0.25) is 0 Å². The number of rotatable bonds is 4. The molecule has 0 radical (unpaired) electrons. The van der Waals surface area contributed by atoms with E-state index in [0.717, 1.165) is 0 Å². The third-order valence-corrected chi connectivity index (χ3v) is 1.40. The van der Waals surface area contributed by atoms with Crippen LogP contribution in [0, 0.1) is 0 Å². The van der Waals surface area contributed by atoms with Crippen molar-refractivity contribution in [1.29, 1.82) is 0 Å². The van der Waals surface area contributed by atoms with Crippen LogP contribution in [0.25, 0.3) is 0 Å². The second kappa shape index (κ2) is 7.28. The summed E-state index contributed by atoms with van der Waals surface area (Å²) < 4.78 is 0. The van der Waals surface area contributed by atoms with Crippen LogP contribution in [0.5, 0.6) is 0 Å². The number of likely N-dealkylation sites (N-methyl/N-ethyl adjacent to an activating group) is 1. The Kier molecular flexibility index (Phi) is 9.33. The Hall–Kier alpha value is 0.170. The quantitative estimate of drug-likeness (QED) is 0.608. The molecule has 0 rings (SSSR count). The molecule has 0 aromatic rings. The topological polar surface area (TPSA) is 43.7 Å². The standard InChI is InChI=1S/C6H15NO2.ClH/c1-7(2)6(5-9)3-4-8;/h6,8-9H,3-5H2,1-2H3;1H. The first kappa shape index (κ1) is 12.8. The fraction of sp³-hybridized carbons (Fsp3) is 1.00. The zero-order valence-electron chi connectivity index (χ0n) is 6.45. The lowest BCUT2D eigenvalue weighted by atomic mass is 10.2. The van der Waals surface area contributed by atoms with E-state index in [1.807, 2.05) is 19.0 Å². The summed E-state index contributed by atoms with van der Waals surface area (Å²) in [5, 5.41) is 17.2. The number of nitrogens with zero attached hydrogens (tertiary/aromatic N) is 1. The maximum atomic E-state index is 8.67. The zero-order valence-corrected chi connectivity index (χ0v) is 7.27. The number of hydrogen-bond donors (Lipinski definition) is 2. The molecular formula is C6H16ClNO2. The second-order valence-corrected chi connectivity index (χ2v) is 2.31. The molecule has 1 unspecified atom stereocenters. The molecule has 0 fully saturated rings. The van der Waals surface area contributed by atoms with Crippen LogP contribution in [0.15, 0.2) is 0 Å². The molecule has 0 saturated heterocycles. The maximum absolute atomic E-state index is 8.67. The molecule has 64 valence electrons. The summed E-state index contributed by atoms with van der Waals surface area (Å²) >= 11 is 0. The van der Waals surface area contributed by atoms with Crippen molar-refractivity contribution in [3.8, 4) is 0 Å². The highest BCUT2D eigenvalue weighted by Crippen LogP contribution is 1.95. The van der Waals surface area contributed by atoms with E-state index >= 15 is 0 Å². The molecule has 4 heteroatoms. The molecule has 0 aliphatic carbocycles. The molecule has 1 atom stereocenters. The van der Waals surface area contributed by atoms with E-state index in [1.54, 1.807) is 0 Å². The van der Waals surface area contributed by atoms with E-state index in [4.69, 9.17) is 10.2 Å². The van der Waals surface area contributed by atoms with Gasteiger partial charge in [-0.2, -0.15) is 0 Å². The fourth-order valence-corrected chi connectivity index (χ4v) is 0.662. The highest BCUT2D eigenvalue weighted by molar-refractivity contribution is 5.85. The normalized spacial score (nSPS) is 12.9. The molecule has 3 nitrogen and oxygen atoms in total. The van der Waals surface area contributed by atoms with Crippen molar-refractivity contribution in [2.75, 3.05) is 27.3 Å². The van der Waals surface area contributed by atoms with Gasteiger partial charge in [-0.05, 0) is 20.5 Å². The van der Waals surface area contributed by atoms with Crippen molar-refractivity contribution in [2.24, 2.45) is 0 Å². The van der Waals surface area contributed by atoms with Crippen LogP contribution >= 0.6 is 12.4 Å². The first-order valence-corrected chi connectivity index (χ1v) is 3.10. The molecule has 0 bridgehead atoms. The van der Waals surface area contributed by atoms with Crippen molar-refractivity contribution < 1.29 is 10.2 Å². The molecule has 2 N–H and O–H groups in total. The Bertz CT molecular complexity index is 70.8. The van der Waals surface area contributed by atoms with Gasteiger partial charge in [0.25, 0.3) is 0 Å². The molecule has 0 aromatic heterocycles. The van der Waals surface area contributed by atoms with E-state index in [2.05, 4.69) is 0 Å². The third-order valence-electron chi connectivity index (χ3n) is 1.40. The molecular weight excluding hydrogens is 154 g/mol. The number of aliphatic hydroxyl groups excluding tert-OH is 2. The number of hydrogen-bond acceptors (Lipinski definition) is 3. The van der Waals surface area contributed by atoms with Crippen LogP contribution in [0.1, 0.15) is 6.42 Å². The highest BCUT2D eigenvalue weighted by Gasteiger charge is 2.07. The van der Waals surface area contributed by atoms with Gasteiger partial charge in [0.05, 0.1) is 6.61 Å². The minimum Gasteiger partial charge on any atom is -0.396 e. The molecule has 0 aliphatic heterocycles. The Labute approximate surface area is 68.1 Å². The first-order chi connectivity index (χ1) is 4.22. The van der Waals surface area contributed by atoms with Gasteiger partial charge in [0, 0.05) is 12.6 Å². The summed E-state index contributed by atoms with van der Waals surface area (Å²) in [4.78, 5) is 1.90. The molecule has 0 aromatic carbocycles. The van der Waals surface area contributed by atoms with Gasteiger partial charge in [-0.1, -0.05) is 0 Å². The smallest absolute Gasteiger partial charge is 0.0587 e. The summed E-state index contributed by atoms with van der Waals surface area (Å²) in [5.41, 5.74) is 0. The van der Waals surface area contributed by atoms with E-state index in [-0.39, 0.29) is 31.7 Å². The molecule has 10 heavy (non-hydrogen) atoms. The van der Waals surface area contributed by atoms with E-state index in [9.17, 15) is 0 Å². The molecule has 0 saturated carbocycles. The summed E-state index contributed by atoms with van der Waals surface area (Å²) in [6, 6.07) is 0.106. The summed E-state index contributed by atoms with van der Waals surface area (Å²) in [7, 11) is 3.77. The Morgan fingerprint density at radius 2 is 1.80 bits per heavy atom. The van der Waals surface area contributed by atoms with Crippen molar-refractivity contribution in [2.45, 2.75) is 12.5 Å². The number of aliphatic hydroxyl groups is 2. The summed E-state index contributed by atoms with van der Waals surface area (Å²) in [6.45, 7) is 0.261. The molecule has 0 aliphatic rings. The SMILES string of the molecule is CN(C)C(CO)CCO.Cl. The monoisotopic (exact) mass is 169 g/mol. The number of halogens is 1. The van der Waals surface area contributed by atoms with Crippen LogP contribution in [0.2, 0.25) is 0 Å². The largest absolute Gasteiger partial charge is 0.396 e. The Morgan fingerprint density at radius 3 is 1.90 bits per heavy atom. The van der Waals surface area contributed by atoms with Gasteiger partial charge in [0.15, 0.2) is 0 Å². The van der Waals surface area contributed by atoms with Crippen molar-refractivity contribution in [1.82, 2.24) is 4.90 Å². The predicted octanol–water partition coefficient (Wildman–Crippen LogP) is -0.287. The van der Waals surface area contributed by atoms with Crippen molar-refractivity contribution >= 4 is 12.4 Å². The van der Waals surface area contributed by atoms with E-state index in [0.29, 0.717) is 6.42 Å². The average Bonchev–Trinajstić information content (AvgIpc) is 1.82. The minimum absolute atomic E-state index is 0. The molecule has 0 heterocycles. The maximum Gasteiger partial charge on any atom is 0.0587 e. The predicted molar refractivity (Wildman–Crippen MR) is 43.5 cm³/mol. The van der Waals surface area contributed by atoms with E-state index < -0.39 is 0 Å². The van der Waals surface area contributed by atoms with Gasteiger partial charge in [0.1, 0.15) is 0 Å². The van der Waals surface area contributed by atoms with Gasteiger partial charge < -0.3 is 15.1 Å². The van der Waals surface area contributed by atoms with Crippen LogP contribution in [0.4, 0.5) is 0 Å². The third kappa shape index (κ3) is 4.99. The Morgan fingerprint density at radius 1 is 1.30 bits per heavy atom. The van der Waals surface area contributed by atoms with Crippen LogP contribution in [0.3, 0.4) is 0 Å². The lowest BCUT2D eigenvalue weighted by Gasteiger charge is -2.20. The fourth-order valence-electron chi connectivity index (χ4n) is 0.662. The molecule has 0 amide bonds. The lowest BCUT2D eigenvalue weighted by molar-refractivity contribution is 0.138. The van der Waals surface area contributed by atoms with Crippen molar-refractivity contribution in [3.63, 3.8) is 0 Å². The zero-order chi connectivity index (χ0) is 7.28. The first-order valence-electron chi connectivity index (χ1n) is 3.10. The van der Waals surface area contributed by atoms with Gasteiger partial charge >= 0.3 is 0 Å². The van der Waals surface area contributed by atoms with E-state index in [1.165, 1.54) is 0 Å². The second-order valence-electron chi connectivity index (χ2n) is 2.31. The lowest BCUT2D eigenvalue weighted by Crippen LogP contribution is -2.32. The van der Waals surface area contributed by atoms with Crippen molar-refractivity contribution in [3.05, 3.63) is 0 Å². The van der Waals surface area contributed by atoms with Crippen LogP contribution < -0.4 is 0 Å². The Balaban J connectivity index is 0. The van der Waals surface area contributed by atoms with Gasteiger partial charge in [-0.15, -0.1) is 12.4 Å². The minimum atomic E-state index is 0. The summed E-state index contributed by atoms with van der Waals surface area (Å²) in [6.07, 6.45) is 0.642. The van der Waals surface area contributed by atoms with Crippen LogP contribution in [-0.2, 0) is 0 Å². The summed E-state index contributed by atoms with van der Waals surface area (Å²) in [5.74, 6) is 0.